The molecule has 0 fully saturated rings. The Morgan fingerprint density at radius 3 is 2.66 bits per heavy atom. The van der Waals surface area contributed by atoms with Crippen LogP contribution in [0.25, 0.3) is 0 Å². The first-order chi connectivity index (χ1) is 15.5. The van der Waals surface area contributed by atoms with Crippen LogP contribution in [0.2, 0.25) is 0 Å². The molecule has 0 saturated carbocycles. The fraction of sp³-hybridized carbons (Fsp3) is 0.280. The summed E-state index contributed by atoms with van der Waals surface area (Å²) in [5.74, 6) is -0.0434. The summed E-state index contributed by atoms with van der Waals surface area (Å²) in [6.07, 6.45) is 0. The van der Waals surface area contributed by atoms with E-state index in [-0.39, 0.29) is 17.9 Å². The van der Waals surface area contributed by atoms with Gasteiger partial charge in [-0.3, -0.25) is 9.59 Å². The van der Waals surface area contributed by atoms with Crippen molar-refractivity contribution in [3.05, 3.63) is 82.0 Å². The largest absolute Gasteiger partial charge is 0.497 e. The third-order valence-corrected chi connectivity index (χ3v) is 6.62. The molecule has 1 aliphatic heterocycles. The van der Waals surface area contributed by atoms with E-state index >= 15 is 0 Å². The maximum absolute atomic E-state index is 13.7. The second kappa shape index (κ2) is 9.54. The van der Waals surface area contributed by atoms with Gasteiger partial charge in [0.1, 0.15) is 5.75 Å². The van der Waals surface area contributed by atoms with Crippen LogP contribution in [0.4, 0.5) is 5.69 Å². The van der Waals surface area contributed by atoms with E-state index < -0.39 is 5.92 Å². The van der Waals surface area contributed by atoms with Gasteiger partial charge in [-0.1, -0.05) is 30.3 Å². The Hall–Kier alpha value is -3.16. The van der Waals surface area contributed by atoms with Crippen LogP contribution in [0.5, 0.6) is 5.75 Å². The molecule has 0 saturated heterocycles. The molecule has 6 nitrogen and oxygen atoms in total. The molecule has 166 valence electrons. The smallest absolute Gasteiger partial charge is 0.254 e. The molecule has 1 aromatic heterocycles. The molecule has 2 unspecified atom stereocenters. The van der Waals surface area contributed by atoms with Crippen molar-refractivity contribution in [1.82, 2.24) is 9.80 Å². The lowest BCUT2D eigenvalue weighted by Crippen LogP contribution is -2.47. The van der Waals surface area contributed by atoms with E-state index in [0.29, 0.717) is 30.1 Å². The van der Waals surface area contributed by atoms with Crippen LogP contribution in [0, 0.1) is 0 Å². The molecule has 2 heterocycles. The van der Waals surface area contributed by atoms with Crippen molar-refractivity contribution in [1.29, 1.82) is 0 Å². The van der Waals surface area contributed by atoms with Gasteiger partial charge >= 0.3 is 0 Å². The summed E-state index contributed by atoms with van der Waals surface area (Å²) < 4.78 is 5.30. The number of ether oxygens (including phenoxy) is 1. The highest BCUT2D eigenvalue weighted by Crippen LogP contribution is 2.44. The number of amides is 2. The number of hydrogen-bond acceptors (Lipinski definition) is 5. The van der Waals surface area contributed by atoms with Gasteiger partial charge in [-0.15, -0.1) is 11.3 Å². The molecule has 0 aliphatic carbocycles. The molecule has 2 aromatic carbocycles. The van der Waals surface area contributed by atoms with Crippen LogP contribution in [0.15, 0.2) is 66.0 Å². The van der Waals surface area contributed by atoms with Gasteiger partial charge in [0.25, 0.3) is 5.91 Å². The zero-order valence-electron chi connectivity index (χ0n) is 18.4. The third-order valence-electron chi connectivity index (χ3n) is 5.68. The summed E-state index contributed by atoms with van der Waals surface area (Å²) in [6.45, 7) is 1.24. The lowest BCUT2D eigenvalue weighted by atomic mass is 9.81. The van der Waals surface area contributed by atoms with E-state index in [4.69, 9.17) is 4.74 Å². The van der Waals surface area contributed by atoms with Crippen molar-refractivity contribution >= 4 is 28.8 Å². The highest BCUT2D eigenvalue weighted by molar-refractivity contribution is 7.10. The van der Waals surface area contributed by atoms with Gasteiger partial charge in [0.05, 0.1) is 19.1 Å². The van der Waals surface area contributed by atoms with Crippen molar-refractivity contribution in [3.63, 3.8) is 0 Å². The second-order valence-corrected chi connectivity index (χ2v) is 9.03. The maximum Gasteiger partial charge on any atom is 0.254 e. The number of nitrogens with one attached hydrogen (secondary N) is 1. The van der Waals surface area contributed by atoms with Gasteiger partial charge in [0.15, 0.2) is 0 Å². The molecule has 1 aliphatic rings. The molecule has 1 N–H and O–H groups in total. The first-order valence-corrected chi connectivity index (χ1v) is 11.4. The molecule has 4 rings (SSSR count). The first kappa shape index (κ1) is 22.0. The van der Waals surface area contributed by atoms with Crippen molar-refractivity contribution < 1.29 is 14.3 Å². The number of hydrogen-bond donors (Lipinski definition) is 1. The first-order valence-electron chi connectivity index (χ1n) is 10.5. The number of carbonyl (C=O) groups is 2. The summed E-state index contributed by atoms with van der Waals surface area (Å²) in [5, 5.41) is 5.04. The fourth-order valence-corrected chi connectivity index (χ4v) is 5.00. The van der Waals surface area contributed by atoms with Gasteiger partial charge in [-0.2, -0.15) is 0 Å². The van der Waals surface area contributed by atoms with Gasteiger partial charge in [-0.05, 0) is 49.3 Å². The average molecular weight is 450 g/mol. The zero-order chi connectivity index (χ0) is 22.7. The lowest BCUT2D eigenvalue weighted by molar-refractivity contribution is -0.119. The van der Waals surface area contributed by atoms with Crippen molar-refractivity contribution in [2.24, 2.45) is 0 Å². The van der Waals surface area contributed by atoms with E-state index in [1.54, 1.807) is 24.5 Å². The van der Waals surface area contributed by atoms with E-state index in [0.717, 1.165) is 10.4 Å². The Morgan fingerprint density at radius 1 is 1.12 bits per heavy atom. The normalized spacial score (nSPS) is 17.9. The molecule has 0 spiro atoms. The molecule has 2 amide bonds. The maximum atomic E-state index is 13.7. The molecule has 0 bridgehead atoms. The lowest BCUT2D eigenvalue weighted by Gasteiger charge is -2.41. The number of fused-ring (bicyclic) bond motifs is 1. The van der Waals surface area contributed by atoms with E-state index in [9.17, 15) is 9.59 Å². The predicted molar refractivity (Wildman–Crippen MR) is 127 cm³/mol. The van der Waals surface area contributed by atoms with Crippen LogP contribution < -0.4 is 10.1 Å². The summed E-state index contributed by atoms with van der Waals surface area (Å²) in [5.41, 5.74) is 2.01. The molecular formula is C25H27N3O3S. The van der Waals surface area contributed by atoms with Crippen molar-refractivity contribution in [2.75, 3.05) is 39.6 Å². The van der Waals surface area contributed by atoms with Crippen LogP contribution in [0.1, 0.15) is 32.8 Å². The molecular weight excluding hydrogens is 422 g/mol. The molecule has 2 atom stereocenters. The van der Waals surface area contributed by atoms with Crippen molar-refractivity contribution in [3.8, 4) is 5.75 Å². The quantitative estimate of drug-likeness (QED) is 0.586. The molecule has 7 heteroatoms. The molecule has 32 heavy (non-hydrogen) atoms. The minimum atomic E-state index is -0.532. The number of anilines is 1. The van der Waals surface area contributed by atoms with Crippen LogP contribution in [-0.2, 0) is 4.79 Å². The summed E-state index contributed by atoms with van der Waals surface area (Å²) in [6, 6.07) is 18.4. The number of thiophene rings is 1. The minimum absolute atomic E-state index is 0.0359. The number of benzene rings is 2. The standard InChI is InChI=1S/C25H27N3O3S/c1-27(2)13-14-28-23(21-12-7-15-32-21)22(19-10-4-5-11-20(19)25(28)30)24(29)26-17-8-6-9-18(16-17)31-3/h4-12,15-16,22-23H,13-14H2,1-3H3,(H,26,29). The van der Waals surface area contributed by atoms with E-state index in [1.807, 2.05) is 83.9 Å². The third kappa shape index (κ3) is 4.40. The average Bonchev–Trinajstić information content (AvgIpc) is 3.32. The zero-order valence-corrected chi connectivity index (χ0v) is 19.3. The minimum Gasteiger partial charge on any atom is -0.497 e. The topological polar surface area (TPSA) is 61.9 Å². The summed E-state index contributed by atoms with van der Waals surface area (Å²) in [4.78, 5) is 32.1. The number of rotatable bonds is 7. The van der Waals surface area contributed by atoms with Crippen LogP contribution >= 0.6 is 11.3 Å². The Labute approximate surface area is 192 Å². The SMILES string of the molecule is COc1cccc(NC(=O)C2c3ccccc3C(=O)N(CCN(C)C)C2c2cccs2)c1. The number of methoxy groups -OCH3 is 1. The number of nitrogens with zero attached hydrogens (tertiary/aromatic N) is 2. The van der Waals surface area contributed by atoms with Gasteiger partial charge in [0, 0.05) is 35.3 Å². The monoisotopic (exact) mass is 449 g/mol. The Bertz CT molecular complexity index is 1100. The van der Waals surface area contributed by atoms with Gasteiger partial charge in [0.2, 0.25) is 5.91 Å². The van der Waals surface area contributed by atoms with E-state index in [2.05, 4.69) is 5.32 Å². The highest BCUT2D eigenvalue weighted by Gasteiger charge is 2.44. The number of carbonyl (C=O) groups excluding carboxylic acids is 2. The van der Waals surface area contributed by atoms with Gasteiger partial charge in [-0.25, -0.2) is 0 Å². The fourth-order valence-electron chi connectivity index (χ4n) is 4.13. The predicted octanol–water partition coefficient (Wildman–Crippen LogP) is 4.24. The highest BCUT2D eigenvalue weighted by atomic mass is 32.1. The summed E-state index contributed by atoms with van der Waals surface area (Å²) in [7, 11) is 5.56. The van der Waals surface area contributed by atoms with Crippen molar-refractivity contribution in [2.45, 2.75) is 12.0 Å². The molecule has 0 radical (unpaired) electrons. The Balaban J connectivity index is 1.77. The summed E-state index contributed by atoms with van der Waals surface area (Å²) >= 11 is 1.57. The van der Waals surface area contributed by atoms with E-state index in [1.165, 1.54) is 0 Å². The molecule has 3 aromatic rings. The van der Waals surface area contributed by atoms with Crippen LogP contribution in [-0.4, -0.2) is 55.9 Å². The Kier molecular flexibility index (Phi) is 6.58. The Morgan fingerprint density at radius 2 is 1.94 bits per heavy atom. The van der Waals surface area contributed by atoms with Gasteiger partial charge < -0.3 is 19.9 Å². The second-order valence-electron chi connectivity index (χ2n) is 8.05. The number of likely N-dealkylation sites (N-methyl/N-ethyl adjacent to an activating group) is 1. The van der Waals surface area contributed by atoms with Crippen LogP contribution in [0.3, 0.4) is 0 Å².